The molecule has 0 saturated heterocycles. The minimum Gasteiger partial charge on any atom is -0.298 e. The number of carbonyl (C=O) groups is 2. The third-order valence-corrected chi connectivity index (χ3v) is 2.12. The van der Waals surface area contributed by atoms with E-state index in [2.05, 4.69) is 0 Å². The quantitative estimate of drug-likeness (QED) is 0.607. The van der Waals surface area contributed by atoms with Crippen LogP contribution in [0.15, 0.2) is 12.1 Å². The van der Waals surface area contributed by atoms with Gasteiger partial charge in [0.05, 0.1) is 17.2 Å². The summed E-state index contributed by atoms with van der Waals surface area (Å²) in [5.41, 5.74) is -3.36. The molecule has 88 valence electrons. The van der Waals surface area contributed by atoms with Crippen LogP contribution in [0.25, 0.3) is 0 Å². The Hall–Kier alpha value is -1.87. The van der Waals surface area contributed by atoms with Crippen LogP contribution in [0.1, 0.15) is 31.8 Å². The van der Waals surface area contributed by atoms with Crippen LogP contribution in [-0.4, -0.2) is 11.5 Å². The summed E-state index contributed by atoms with van der Waals surface area (Å²) in [4.78, 5) is 21.4. The van der Waals surface area contributed by atoms with Gasteiger partial charge in [0.25, 0.3) is 5.24 Å². The van der Waals surface area contributed by atoms with Crippen molar-refractivity contribution >= 4 is 23.1 Å². The second-order valence-electron chi connectivity index (χ2n) is 2.99. The van der Waals surface area contributed by atoms with Crippen molar-refractivity contribution in [3.05, 3.63) is 34.4 Å². The molecule has 0 radical (unpaired) electrons. The first-order valence-corrected chi connectivity index (χ1v) is 4.49. The third-order valence-electron chi connectivity index (χ3n) is 1.92. The highest BCUT2D eigenvalue weighted by molar-refractivity contribution is 6.68. The van der Waals surface area contributed by atoms with Crippen molar-refractivity contribution in [3.63, 3.8) is 0 Å². The zero-order valence-electron chi connectivity index (χ0n) is 8.01. The van der Waals surface area contributed by atoms with Gasteiger partial charge in [-0.05, 0) is 23.7 Å². The van der Waals surface area contributed by atoms with E-state index in [4.69, 9.17) is 16.9 Å². The Morgan fingerprint density at radius 3 is 2.35 bits per heavy atom. The standard InChI is InChI=1S/C10H3ClF3NO2/c11-9(17)7-2-5(3-15)1-6(4-16)8(7)10(12,13)14/h1-2,4H. The average molecular weight is 262 g/mol. The molecule has 0 bridgehead atoms. The van der Waals surface area contributed by atoms with Gasteiger partial charge in [-0.15, -0.1) is 0 Å². The molecule has 0 atom stereocenters. The maximum absolute atomic E-state index is 12.6. The number of aldehydes is 1. The predicted octanol–water partition coefficient (Wildman–Crippen LogP) is 2.77. The highest BCUT2D eigenvalue weighted by Gasteiger charge is 2.38. The van der Waals surface area contributed by atoms with Crippen molar-refractivity contribution in [2.75, 3.05) is 0 Å². The Balaban J connectivity index is 3.72. The van der Waals surface area contributed by atoms with Gasteiger partial charge >= 0.3 is 6.18 Å². The summed E-state index contributed by atoms with van der Waals surface area (Å²) in [6.45, 7) is 0. The predicted molar refractivity (Wildman–Crippen MR) is 51.7 cm³/mol. The molecule has 0 aliphatic rings. The third kappa shape index (κ3) is 2.63. The molecule has 0 aliphatic heterocycles. The Labute approximate surface area is 98.4 Å². The Morgan fingerprint density at radius 1 is 1.41 bits per heavy atom. The first kappa shape index (κ1) is 13.2. The summed E-state index contributed by atoms with van der Waals surface area (Å²) in [6, 6.07) is 2.99. The second-order valence-corrected chi connectivity index (χ2v) is 3.33. The normalized spacial score (nSPS) is 10.8. The van der Waals surface area contributed by atoms with E-state index >= 15 is 0 Å². The first-order valence-electron chi connectivity index (χ1n) is 4.11. The van der Waals surface area contributed by atoms with Crippen molar-refractivity contribution in [3.8, 4) is 6.07 Å². The van der Waals surface area contributed by atoms with Crippen molar-refractivity contribution in [1.82, 2.24) is 0 Å². The van der Waals surface area contributed by atoms with E-state index in [-0.39, 0.29) is 11.8 Å². The fourth-order valence-electron chi connectivity index (χ4n) is 1.29. The maximum Gasteiger partial charge on any atom is 0.417 e. The molecular weight excluding hydrogens is 259 g/mol. The van der Waals surface area contributed by atoms with Gasteiger partial charge < -0.3 is 0 Å². The highest BCUT2D eigenvalue weighted by atomic mass is 35.5. The van der Waals surface area contributed by atoms with Gasteiger partial charge in [0, 0.05) is 11.1 Å². The van der Waals surface area contributed by atoms with E-state index in [1.165, 1.54) is 6.07 Å². The molecule has 7 heteroatoms. The van der Waals surface area contributed by atoms with E-state index in [1.54, 1.807) is 0 Å². The fraction of sp³-hybridized carbons (Fsp3) is 0.100. The van der Waals surface area contributed by atoms with Gasteiger partial charge in [0.15, 0.2) is 6.29 Å². The zero-order valence-corrected chi connectivity index (χ0v) is 8.76. The van der Waals surface area contributed by atoms with Crippen LogP contribution >= 0.6 is 11.6 Å². The zero-order chi connectivity index (χ0) is 13.2. The van der Waals surface area contributed by atoms with Crippen molar-refractivity contribution in [2.24, 2.45) is 0 Å². The minimum absolute atomic E-state index is 0.0764. The lowest BCUT2D eigenvalue weighted by Crippen LogP contribution is -2.15. The molecule has 0 saturated carbocycles. The summed E-state index contributed by atoms with van der Waals surface area (Å²) in [5, 5.41) is 7.18. The summed E-state index contributed by atoms with van der Waals surface area (Å²) in [7, 11) is 0. The largest absolute Gasteiger partial charge is 0.417 e. The molecule has 1 rings (SSSR count). The molecule has 1 aromatic carbocycles. The number of nitrogens with zero attached hydrogens (tertiary/aromatic N) is 1. The van der Waals surface area contributed by atoms with Crippen LogP contribution in [0.3, 0.4) is 0 Å². The average Bonchev–Trinajstić information content (AvgIpc) is 2.25. The SMILES string of the molecule is N#Cc1cc(C=O)c(C(F)(F)F)c(C(=O)Cl)c1. The fourth-order valence-corrected chi connectivity index (χ4v) is 1.44. The Bertz CT molecular complexity index is 532. The number of alkyl halides is 3. The van der Waals surface area contributed by atoms with Gasteiger partial charge in [-0.2, -0.15) is 18.4 Å². The molecule has 0 fully saturated rings. The lowest BCUT2D eigenvalue weighted by molar-refractivity contribution is -0.138. The van der Waals surface area contributed by atoms with Gasteiger partial charge in [-0.3, -0.25) is 9.59 Å². The van der Waals surface area contributed by atoms with E-state index in [0.717, 1.165) is 6.07 Å². The van der Waals surface area contributed by atoms with Crippen LogP contribution in [-0.2, 0) is 6.18 Å². The molecule has 0 N–H and O–H groups in total. The van der Waals surface area contributed by atoms with E-state index in [0.29, 0.717) is 6.07 Å². The number of nitriles is 1. The van der Waals surface area contributed by atoms with E-state index in [9.17, 15) is 22.8 Å². The number of rotatable bonds is 2. The molecule has 0 unspecified atom stereocenters. The lowest BCUT2D eigenvalue weighted by Gasteiger charge is -2.12. The molecule has 0 amide bonds. The Kier molecular flexibility index (Phi) is 3.53. The summed E-state index contributed by atoms with van der Waals surface area (Å²) < 4.78 is 37.9. The number of hydrogen-bond acceptors (Lipinski definition) is 3. The van der Waals surface area contributed by atoms with Crippen molar-refractivity contribution in [2.45, 2.75) is 6.18 Å². The van der Waals surface area contributed by atoms with Crippen molar-refractivity contribution in [1.29, 1.82) is 5.26 Å². The summed E-state index contributed by atoms with van der Waals surface area (Å²) >= 11 is 5.01. The van der Waals surface area contributed by atoms with Crippen LogP contribution in [0.5, 0.6) is 0 Å². The highest BCUT2D eigenvalue weighted by Crippen LogP contribution is 2.35. The van der Waals surface area contributed by atoms with E-state index < -0.39 is 28.1 Å². The van der Waals surface area contributed by atoms with E-state index in [1.807, 2.05) is 0 Å². The van der Waals surface area contributed by atoms with Crippen LogP contribution < -0.4 is 0 Å². The minimum atomic E-state index is -4.90. The topological polar surface area (TPSA) is 57.9 Å². The number of benzene rings is 1. The molecule has 0 aromatic heterocycles. The van der Waals surface area contributed by atoms with Crippen LogP contribution in [0.2, 0.25) is 0 Å². The summed E-state index contributed by atoms with van der Waals surface area (Å²) in [6.07, 6.45) is -4.98. The molecular formula is C10H3ClF3NO2. The van der Waals surface area contributed by atoms with Crippen molar-refractivity contribution < 1.29 is 22.8 Å². The molecule has 0 spiro atoms. The number of hydrogen-bond donors (Lipinski definition) is 0. The lowest BCUT2D eigenvalue weighted by atomic mass is 9.98. The smallest absolute Gasteiger partial charge is 0.298 e. The molecule has 0 aliphatic carbocycles. The molecule has 0 heterocycles. The molecule has 3 nitrogen and oxygen atoms in total. The second kappa shape index (κ2) is 4.55. The van der Waals surface area contributed by atoms with Gasteiger partial charge in [0.1, 0.15) is 0 Å². The molecule has 17 heavy (non-hydrogen) atoms. The maximum atomic E-state index is 12.6. The first-order chi connectivity index (χ1) is 7.81. The summed E-state index contributed by atoms with van der Waals surface area (Å²) in [5.74, 6) is 0. The Morgan fingerprint density at radius 2 is 2.00 bits per heavy atom. The van der Waals surface area contributed by atoms with Gasteiger partial charge in [0.2, 0.25) is 0 Å². The van der Waals surface area contributed by atoms with Gasteiger partial charge in [-0.25, -0.2) is 0 Å². The van der Waals surface area contributed by atoms with Crippen LogP contribution in [0, 0.1) is 11.3 Å². The van der Waals surface area contributed by atoms with Crippen LogP contribution in [0.4, 0.5) is 13.2 Å². The number of halogens is 4. The number of carbonyl (C=O) groups excluding carboxylic acids is 2. The molecule has 1 aromatic rings. The van der Waals surface area contributed by atoms with Gasteiger partial charge in [-0.1, -0.05) is 0 Å². The monoisotopic (exact) mass is 261 g/mol.